The molecule has 0 bridgehead atoms. The maximum Gasteiger partial charge on any atom is 0.333 e. The molecule has 1 aromatic carbocycles. The van der Waals surface area contributed by atoms with Gasteiger partial charge in [0.15, 0.2) is 0 Å². The van der Waals surface area contributed by atoms with E-state index in [1.807, 2.05) is 30.3 Å². The summed E-state index contributed by atoms with van der Waals surface area (Å²) in [6, 6.07) is 9.45. The van der Waals surface area contributed by atoms with Crippen LogP contribution in [0.4, 0.5) is 0 Å². The first-order valence-electron chi connectivity index (χ1n) is 6.81. The zero-order valence-electron chi connectivity index (χ0n) is 12.6. The van der Waals surface area contributed by atoms with Crippen LogP contribution in [0.15, 0.2) is 49.1 Å². The lowest BCUT2D eigenvalue weighted by Gasteiger charge is -2.04. The lowest BCUT2D eigenvalue weighted by Crippen LogP contribution is -2.10. The molecule has 0 radical (unpaired) electrons. The average Bonchev–Trinajstić information content (AvgIpc) is 3.37. The molecule has 0 spiro atoms. The Kier molecular flexibility index (Phi) is 7.38. The van der Waals surface area contributed by atoms with E-state index in [4.69, 9.17) is 14.7 Å². The monoisotopic (exact) mass is 297 g/mol. The second kappa shape index (κ2) is 9.32. The van der Waals surface area contributed by atoms with Crippen molar-refractivity contribution in [2.24, 2.45) is 0 Å². The van der Waals surface area contributed by atoms with Gasteiger partial charge in [0.2, 0.25) is 0 Å². The number of hydrogen-bond donors (Lipinski definition) is 0. The molecule has 22 heavy (non-hydrogen) atoms. The second-order valence-electron chi connectivity index (χ2n) is 4.55. The molecule has 2 rings (SSSR count). The van der Waals surface area contributed by atoms with Gasteiger partial charge in [0.25, 0.3) is 0 Å². The largest absolute Gasteiger partial charge is 0.459 e. The fourth-order valence-electron chi connectivity index (χ4n) is 1.57. The number of benzene rings is 1. The SMILES string of the molecule is C=CC#N.C=Cc1ccccc1/C=C(\C)C(=O)OCC1CO1. The van der Waals surface area contributed by atoms with Crippen LogP contribution in [0.3, 0.4) is 0 Å². The maximum absolute atomic E-state index is 11.7. The van der Waals surface area contributed by atoms with Gasteiger partial charge in [-0.1, -0.05) is 43.5 Å². The minimum Gasteiger partial charge on any atom is -0.459 e. The van der Waals surface area contributed by atoms with Gasteiger partial charge in [-0.3, -0.25) is 0 Å². The predicted octanol–water partition coefficient (Wildman–Crippen LogP) is 3.37. The molecule has 1 fully saturated rings. The van der Waals surface area contributed by atoms with E-state index in [1.54, 1.807) is 19.1 Å². The minimum absolute atomic E-state index is 0.0993. The molecular weight excluding hydrogens is 278 g/mol. The summed E-state index contributed by atoms with van der Waals surface area (Å²) in [4.78, 5) is 11.7. The Morgan fingerprint density at radius 2 is 2.05 bits per heavy atom. The van der Waals surface area contributed by atoms with Gasteiger partial charge in [-0.2, -0.15) is 5.26 Å². The molecule has 1 unspecified atom stereocenters. The van der Waals surface area contributed by atoms with E-state index in [-0.39, 0.29) is 12.1 Å². The molecule has 1 aromatic rings. The third-order valence-electron chi connectivity index (χ3n) is 2.80. The molecule has 1 saturated heterocycles. The summed E-state index contributed by atoms with van der Waals surface area (Å²) in [5, 5.41) is 7.51. The fraction of sp³-hybridized carbons (Fsp3) is 0.222. The number of allylic oxidation sites excluding steroid dienone is 1. The second-order valence-corrected chi connectivity index (χ2v) is 4.55. The van der Waals surface area contributed by atoms with Crippen LogP contribution in [-0.4, -0.2) is 25.3 Å². The summed E-state index contributed by atoms with van der Waals surface area (Å²) in [5.74, 6) is -0.302. The van der Waals surface area contributed by atoms with E-state index in [1.165, 1.54) is 6.08 Å². The van der Waals surface area contributed by atoms with Crippen molar-refractivity contribution in [2.45, 2.75) is 13.0 Å². The van der Waals surface area contributed by atoms with Crippen LogP contribution in [0.2, 0.25) is 0 Å². The Hall–Kier alpha value is -2.64. The van der Waals surface area contributed by atoms with Crippen molar-refractivity contribution in [2.75, 3.05) is 13.2 Å². The van der Waals surface area contributed by atoms with Crippen LogP contribution < -0.4 is 0 Å². The summed E-state index contributed by atoms with van der Waals surface area (Å²) >= 11 is 0. The molecule has 1 heterocycles. The van der Waals surface area contributed by atoms with Gasteiger partial charge in [-0.05, 0) is 24.1 Å². The lowest BCUT2D eigenvalue weighted by molar-refractivity contribution is -0.139. The van der Waals surface area contributed by atoms with E-state index in [9.17, 15) is 4.79 Å². The number of carbonyl (C=O) groups excluding carboxylic acids is 1. The molecule has 0 aliphatic carbocycles. The molecule has 1 aliphatic rings. The van der Waals surface area contributed by atoms with E-state index in [0.29, 0.717) is 18.8 Å². The van der Waals surface area contributed by atoms with Crippen LogP contribution in [0, 0.1) is 11.3 Å². The summed E-state index contributed by atoms with van der Waals surface area (Å²) < 4.78 is 10.1. The number of esters is 1. The van der Waals surface area contributed by atoms with E-state index in [2.05, 4.69) is 13.2 Å². The molecular formula is C18H19NO3. The van der Waals surface area contributed by atoms with Crippen molar-refractivity contribution in [3.8, 4) is 6.07 Å². The van der Waals surface area contributed by atoms with E-state index >= 15 is 0 Å². The zero-order valence-corrected chi connectivity index (χ0v) is 12.6. The quantitative estimate of drug-likeness (QED) is 0.362. The molecule has 1 aliphatic heterocycles. The average molecular weight is 297 g/mol. The smallest absolute Gasteiger partial charge is 0.333 e. The van der Waals surface area contributed by atoms with Crippen LogP contribution in [-0.2, 0) is 14.3 Å². The number of epoxide rings is 1. The van der Waals surface area contributed by atoms with Gasteiger partial charge < -0.3 is 9.47 Å². The predicted molar refractivity (Wildman–Crippen MR) is 86.7 cm³/mol. The number of carbonyl (C=O) groups is 1. The van der Waals surface area contributed by atoms with Gasteiger partial charge in [-0.15, -0.1) is 0 Å². The molecule has 4 heteroatoms. The Balaban J connectivity index is 0.000000541. The van der Waals surface area contributed by atoms with Gasteiger partial charge >= 0.3 is 5.97 Å². The number of hydrogen-bond acceptors (Lipinski definition) is 4. The van der Waals surface area contributed by atoms with Crippen molar-refractivity contribution in [1.29, 1.82) is 5.26 Å². The highest BCUT2D eigenvalue weighted by Crippen LogP contribution is 2.15. The Labute approximate surface area is 131 Å². The molecule has 1 atom stereocenters. The highest BCUT2D eigenvalue weighted by atomic mass is 16.6. The molecule has 0 aromatic heterocycles. The highest BCUT2D eigenvalue weighted by molar-refractivity contribution is 5.93. The van der Waals surface area contributed by atoms with Crippen LogP contribution >= 0.6 is 0 Å². The third-order valence-corrected chi connectivity index (χ3v) is 2.80. The number of ether oxygens (including phenoxy) is 2. The normalized spacial score (nSPS) is 15.6. The van der Waals surface area contributed by atoms with Crippen LogP contribution in [0.5, 0.6) is 0 Å². The molecule has 0 amide bonds. The zero-order chi connectivity index (χ0) is 16.4. The van der Waals surface area contributed by atoms with Crippen molar-refractivity contribution >= 4 is 18.1 Å². The Morgan fingerprint density at radius 3 is 2.55 bits per heavy atom. The summed E-state index contributed by atoms with van der Waals surface area (Å²) in [7, 11) is 0. The first-order chi connectivity index (χ1) is 10.6. The highest BCUT2D eigenvalue weighted by Gasteiger charge is 2.24. The minimum atomic E-state index is -0.302. The Morgan fingerprint density at radius 1 is 1.45 bits per heavy atom. The van der Waals surface area contributed by atoms with Crippen molar-refractivity contribution in [3.05, 3.63) is 60.2 Å². The number of nitrogens with zero attached hydrogens (tertiary/aromatic N) is 1. The van der Waals surface area contributed by atoms with Gasteiger partial charge in [0.05, 0.1) is 12.7 Å². The van der Waals surface area contributed by atoms with Crippen molar-refractivity contribution in [1.82, 2.24) is 0 Å². The fourth-order valence-corrected chi connectivity index (χ4v) is 1.57. The van der Waals surface area contributed by atoms with Crippen molar-refractivity contribution < 1.29 is 14.3 Å². The first kappa shape index (κ1) is 17.4. The molecule has 0 saturated carbocycles. The van der Waals surface area contributed by atoms with Crippen LogP contribution in [0.1, 0.15) is 18.1 Å². The van der Waals surface area contributed by atoms with Crippen molar-refractivity contribution in [3.63, 3.8) is 0 Å². The number of nitriles is 1. The third kappa shape index (κ3) is 6.21. The summed E-state index contributed by atoms with van der Waals surface area (Å²) in [5.41, 5.74) is 2.53. The maximum atomic E-state index is 11.7. The van der Waals surface area contributed by atoms with E-state index < -0.39 is 0 Å². The lowest BCUT2D eigenvalue weighted by atomic mass is 10.1. The molecule has 0 N–H and O–H groups in total. The standard InChI is InChI=1S/C15H16O3.C3H3N/c1-3-12-6-4-5-7-13(12)8-11(2)15(16)18-10-14-9-17-14;1-2-3-4/h3-8,14H,1,9-10H2,2H3;2H,1H2/b11-8+;. The molecule has 4 nitrogen and oxygen atoms in total. The van der Waals surface area contributed by atoms with Crippen LogP contribution in [0.25, 0.3) is 12.2 Å². The van der Waals surface area contributed by atoms with Gasteiger partial charge in [0.1, 0.15) is 12.7 Å². The Bertz CT molecular complexity index is 607. The topological polar surface area (TPSA) is 62.6 Å². The number of rotatable bonds is 5. The van der Waals surface area contributed by atoms with E-state index in [0.717, 1.165) is 11.1 Å². The summed E-state index contributed by atoms with van der Waals surface area (Å²) in [6.07, 6.45) is 4.86. The van der Waals surface area contributed by atoms with Gasteiger partial charge in [-0.25, -0.2) is 4.79 Å². The van der Waals surface area contributed by atoms with Gasteiger partial charge in [0, 0.05) is 11.6 Å². The summed E-state index contributed by atoms with van der Waals surface area (Å²) in [6.45, 7) is 9.64. The molecule has 114 valence electrons. The first-order valence-corrected chi connectivity index (χ1v) is 6.81.